The molecule has 2 saturated carbocycles. The van der Waals surface area contributed by atoms with Crippen LogP contribution in [0, 0.1) is 45.7 Å². The first-order valence-electron chi connectivity index (χ1n) is 42.4. The number of likely N-dealkylation sites (tertiary alicyclic amines) is 2. The van der Waals surface area contributed by atoms with Crippen molar-refractivity contribution >= 4 is 110 Å². The normalized spacial score (nSPS) is 18.0. The van der Waals surface area contributed by atoms with Crippen molar-refractivity contribution in [3.8, 4) is 20.9 Å². The zero-order chi connectivity index (χ0) is 88.6. The number of benzene rings is 4. The second-order valence-electron chi connectivity index (χ2n) is 34.5. The lowest BCUT2D eigenvalue weighted by Crippen LogP contribution is -2.59. The molecule has 2 saturated heterocycles. The molecule has 0 bridgehead atoms. The Morgan fingerprint density at radius 3 is 1.35 bits per heavy atom. The largest absolute Gasteiger partial charge is 0.391 e. The molecule has 2 aliphatic carbocycles. The summed E-state index contributed by atoms with van der Waals surface area (Å²) in [4.78, 5) is 139. The first kappa shape index (κ1) is 97.2. The van der Waals surface area contributed by atoms with Crippen molar-refractivity contribution in [2.45, 2.75) is 269 Å². The van der Waals surface area contributed by atoms with Crippen LogP contribution in [0.1, 0.15) is 241 Å². The molecule has 2 aliphatic heterocycles. The Morgan fingerprint density at radius 2 is 0.967 bits per heavy atom. The molecular formula is C89H119F5IN13O12S2. The summed E-state index contributed by atoms with van der Waals surface area (Å²) in [5.41, 5.74) is 9.98. The molecule has 10 rings (SSSR count). The molecule has 2 aromatic heterocycles. The predicted molar refractivity (Wildman–Crippen MR) is 468 cm³/mol. The number of halogens is 6. The van der Waals surface area contributed by atoms with Crippen LogP contribution in [0.25, 0.3) is 20.9 Å². The second-order valence-corrected chi connectivity index (χ2v) is 37.5. The summed E-state index contributed by atoms with van der Waals surface area (Å²) in [5, 5.41) is 41.0. The van der Waals surface area contributed by atoms with E-state index in [0.717, 1.165) is 141 Å². The van der Waals surface area contributed by atoms with E-state index in [0.29, 0.717) is 40.8 Å². The maximum atomic E-state index is 14.7. The molecule has 4 fully saturated rings. The number of anilines is 2. The minimum absolute atomic E-state index is 0.0107. The van der Waals surface area contributed by atoms with E-state index in [-0.39, 0.29) is 94.1 Å². The van der Waals surface area contributed by atoms with Crippen LogP contribution < -0.4 is 48.4 Å². The third-order valence-corrected chi connectivity index (χ3v) is 25.0. The van der Waals surface area contributed by atoms with Crippen LogP contribution in [0.3, 0.4) is 0 Å². The molecule has 8 atom stereocenters. The van der Waals surface area contributed by atoms with Gasteiger partial charge in [0.25, 0.3) is 17.7 Å². The maximum absolute atomic E-state index is 14.7. The molecule has 33 heteroatoms. The van der Waals surface area contributed by atoms with Crippen LogP contribution in [0.2, 0.25) is 0 Å². The van der Waals surface area contributed by atoms with Crippen molar-refractivity contribution in [1.82, 2.24) is 57.1 Å². The van der Waals surface area contributed by atoms with E-state index in [1.807, 2.05) is 85.0 Å². The average molecular weight is 1850 g/mol. The lowest BCUT2D eigenvalue weighted by Gasteiger charge is -2.36. The third kappa shape index (κ3) is 28.2. The molecule has 666 valence electrons. The number of thiazole rings is 2. The van der Waals surface area contributed by atoms with Gasteiger partial charge in [0, 0.05) is 42.6 Å². The Bertz CT molecular complexity index is 4540. The summed E-state index contributed by atoms with van der Waals surface area (Å²) >= 11 is 4.96. The number of carbonyl (C=O) groups is 9. The van der Waals surface area contributed by atoms with Crippen molar-refractivity contribution in [2.75, 3.05) is 44.6 Å². The van der Waals surface area contributed by atoms with Gasteiger partial charge < -0.3 is 63.0 Å². The number of nitrogens with two attached hydrogens (primary N) is 1. The van der Waals surface area contributed by atoms with Crippen molar-refractivity contribution in [3.63, 3.8) is 0 Å². The molecule has 4 aromatic carbocycles. The Hall–Kier alpha value is -8.61. The zero-order valence-corrected chi connectivity index (χ0v) is 74.7. The molecule has 0 radical (unpaired) electrons. The van der Waals surface area contributed by atoms with Gasteiger partial charge in [-0.3, -0.25) is 48.0 Å². The van der Waals surface area contributed by atoms with Crippen molar-refractivity contribution in [3.05, 3.63) is 139 Å². The molecule has 1 unspecified atom stereocenters. The fourth-order valence-electron chi connectivity index (χ4n) is 14.8. The summed E-state index contributed by atoms with van der Waals surface area (Å²) in [6.45, 7) is 16.0. The number of aliphatic hydroxyl groups is 2. The lowest BCUT2D eigenvalue weighted by molar-refractivity contribution is -0.145. The molecular weight excluding hydrogens is 1730 g/mol. The third-order valence-electron chi connectivity index (χ3n) is 22.4. The summed E-state index contributed by atoms with van der Waals surface area (Å²) in [6.07, 6.45) is 13.8. The van der Waals surface area contributed by atoms with Crippen LogP contribution in [-0.2, 0) is 43.2 Å². The van der Waals surface area contributed by atoms with Gasteiger partial charge in [0.2, 0.25) is 35.4 Å². The van der Waals surface area contributed by atoms with Gasteiger partial charge in [0.05, 0.1) is 92.8 Å². The lowest BCUT2D eigenvalue weighted by atomic mass is 9.85. The fourth-order valence-corrected chi connectivity index (χ4v) is 16.9. The minimum Gasteiger partial charge on any atom is -0.391 e. The highest BCUT2D eigenvalue weighted by molar-refractivity contribution is 14.1. The number of aliphatic hydroxyl groups excluding tert-OH is 2. The smallest absolute Gasteiger partial charge is 0.277 e. The van der Waals surface area contributed by atoms with Crippen LogP contribution in [0.15, 0.2) is 89.9 Å². The molecule has 0 spiro atoms. The number of hydrogen-bond acceptors (Lipinski definition) is 18. The molecule has 4 heterocycles. The first-order valence-corrected chi connectivity index (χ1v) is 45.3. The fraction of sp³-hybridized carbons (Fsp3) is 0.562. The molecule has 9 amide bonds. The molecule has 4 aliphatic rings. The van der Waals surface area contributed by atoms with Gasteiger partial charge in [-0.05, 0) is 158 Å². The van der Waals surface area contributed by atoms with E-state index in [4.69, 9.17) is 10.6 Å². The number of aromatic nitrogens is 2. The number of β-amino-alcohol motifs (C(OH)–C–C–N with tert-alkyl or cyclic N) is 2. The Labute approximate surface area is 732 Å². The Balaban J connectivity index is 0.000000300. The Kier molecular flexibility index (Phi) is 36.1. The zero-order valence-electron chi connectivity index (χ0n) is 70.9. The van der Waals surface area contributed by atoms with Gasteiger partial charge in [-0.25, -0.2) is 37.4 Å². The monoisotopic (exact) mass is 1850 g/mol. The van der Waals surface area contributed by atoms with Crippen molar-refractivity contribution in [2.24, 2.45) is 16.6 Å². The number of rotatable bonds is 43. The van der Waals surface area contributed by atoms with Gasteiger partial charge in [0.15, 0.2) is 23.0 Å². The minimum atomic E-state index is -2.01. The highest BCUT2D eigenvalue weighted by Crippen LogP contribution is 2.43. The Morgan fingerprint density at radius 1 is 0.557 bits per heavy atom. The molecule has 25 nitrogen and oxygen atoms in total. The number of nitrogens with one attached hydrogen (secondary N) is 8. The number of hydroxylamine groups is 1. The van der Waals surface area contributed by atoms with Gasteiger partial charge in [-0.1, -0.05) is 167 Å². The number of alkyl halides is 2. The van der Waals surface area contributed by atoms with Gasteiger partial charge in [0.1, 0.15) is 30.0 Å². The highest BCUT2D eigenvalue weighted by atomic mass is 127. The van der Waals surface area contributed by atoms with E-state index in [1.54, 1.807) is 58.6 Å². The number of amides is 9. The number of nitrogens with zero attached hydrogens (tertiary/aromatic N) is 4. The second kappa shape index (κ2) is 45.3. The number of hydrogen-bond donors (Lipinski definition) is 11. The highest BCUT2D eigenvalue weighted by Gasteiger charge is 2.55. The average Bonchev–Trinajstić information content (AvgIpc) is 1.24. The van der Waals surface area contributed by atoms with Gasteiger partial charge in [-0.2, -0.15) is 0 Å². The number of aryl methyl sites for hydroxylation is 2. The topological polar surface area (TPSA) is 358 Å². The van der Waals surface area contributed by atoms with Crippen molar-refractivity contribution < 1.29 is 80.2 Å². The first-order chi connectivity index (χ1) is 58.0. The summed E-state index contributed by atoms with van der Waals surface area (Å²) in [5.74, 6) is -8.44. The van der Waals surface area contributed by atoms with Crippen LogP contribution in [0.5, 0.6) is 0 Å². The van der Waals surface area contributed by atoms with Crippen LogP contribution in [-0.4, -0.2) is 170 Å². The molecule has 12 N–H and O–H groups in total. The SMILES string of the molecule is Cc1ncsc1-c1ccc([C@H](CC(=O)NCCCCCCCCCCCCONC(=O)c2ccc(F)c(F)c2Nc2ccc(I)cc2F)NC(=O)[C@@H]2C[C@@H](O)CN2C(=O)C(NC(=O)C2(F)CC2)C(C)(C)C)cc1.Cc1ncsc1-c1ccc([C@H](CC(=O)NCCCCCCCCN)NC(=O)[C@@H]2C[C@@H](O)CN2C(=O)[C@@H](NC(=O)C2(F)CC2)C(C)(C)C)cc1. The number of unbranched alkanes of at least 4 members (excludes halogenated alkanes) is 14. The van der Waals surface area contributed by atoms with E-state index in [9.17, 15) is 75.3 Å². The molecule has 122 heavy (non-hydrogen) atoms. The van der Waals surface area contributed by atoms with Gasteiger partial charge >= 0.3 is 0 Å². The van der Waals surface area contributed by atoms with E-state index < -0.39 is 135 Å². The van der Waals surface area contributed by atoms with Crippen LogP contribution >= 0.6 is 45.3 Å². The summed E-state index contributed by atoms with van der Waals surface area (Å²) < 4.78 is 73.1. The van der Waals surface area contributed by atoms with E-state index in [2.05, 4.69) is 52.7 Å². The summed E-state index contributed by atoms with van der Waals surface area (Å²) in [6, 6.07) is 15.3. The van der Waals surface area contributed by atoms with Crippen molar-refractivity contribution in [1.29, 1.82) is 0 Å². The predicted octanol–water partition coefficient (Wildman–Crippen LogP) is 13.9. The number of carbonyl (C=O) groups excluding carboxylic acids is 9. The van der Waals surface area contributed by atoms with Crippen LogP contribution in [0.4, 0.5) is 33.3 Å². The molecule has 6 aromatic rings. The van der Waals surface area contributed by atoms with E-state index in [1.165, 1.54) is 44.6 Å². The maximum Gasteiger partial charge on any atom is 0.277 e. The van der Waals surface area contributed by atoms with Gasteiger partial charge in [-0.15, -0.1) is 22.7 Å². The standard InChI is InChI=1S/C53H66F4IN7O7S.C36H53FN6O5S/c1-32-46(73-31-60-32)34-17-15-33(16-18-34)41(62-49(69)42-28-36(66)30-65(42)50(70)47(52(2,3)4)63-51(71)53(57)23-24-53)29-43(67)59-25-13-11-9-7-5-6-8-10-12-14-26-72-64-48(68)37-20-21-38(54)44(56)45(37)61-40-22-19-35(58)27-39(40)55;1-23-30(49-22-40-23)25-13-11-24(12-14-25)27(20-29(45)39-18-10-8-6-5-7-9-17-38)41-32(46)28-19-26(44)21-43(28)33(47)31(35(2,3)4)42-34(48)36(37)15-16-36/h15-22,27,31,36,41-42,47,61,66H,5-14,23-26,28-30H2,1-4H3,(H,59,67)(H,62,69)(H,63,71)(H,64,68);11-14,22,26-28,31,44H,5-10,15-21,38H2,1-4H3,(H,39,45)(H,41,46)(H,42,48)/t36-,41+,42+,47?;26-,27+,28+,31-/m11/s1. The van der Waals surface area contributed by atoms with E-state index >= 15 is 0 Å². The summed E-state index contributed by atoms with van der Waals surface area (Å²) in [7, 11) is 0. The quantitative estimate of drug-likeness (QED) is 0.00733.